The number of carbonyl (C=O) groups is 1. The molecule has 2 aromatic carbocycles. The number of aromatic nitrogens is 2. The smallest absolute Gasteiger partial charge is 0.406 e. The van der Waals surface area contributed by atoms with Crippen LogP contribution in [0.5, 0.6) is 5.75 Å². The van der Waals surface area contributed by atoms with Gasteiger partial charge in [-0.25, -0.2) is 13.9 Å². The summed E-state index contributed by atoms with van der Waals surface area (Å²) in [6.45, 7) is 3.60. The van der Waals surface area contributed by atoms with E-state index in [1.54, 1.807) is 35.9 Å². The van der Waals surface area contributed by atoms with Crippen LogP contribution in [0.15, 0.2) is 48.7 Å². The number of amides is 1. The van der Waals surface area contributed by atoms with Gasteiger partial charge in [-0.15, -0.1) is 0 Å². The van der Waals surface area contributed by atoms with E-state index in [4.69, 9.17) is 9.84 Å². The number of ether oxygens (including phenoxy) is 1. The van der Waals surface area contributed by atoms with Gasteiger partial charge >= 0.3 is 6.09 Å². The first kappa shape index (κ1) is 23.3. The molecule has 4 rings (SSSR count). The number of rotatable bonds is 6. The van der Waals surface area contributed by atoms with Crippen LogP contribution in [0.25, 0.3) is 5.69 Å². The van der Waals surface area contributed by atoms with Gasteiger partial charge in [-0.3, -0.25) is 5.32 Å². The van der Waals surface area contributed by atoms with Crippen molar-refractivity contribution in [1.82, 2.24) is 9.78 Å². The highest BCUT2D eigenvalue weighted by atomic mass is 19.1. The third-order valence-corrected chi connectivity index (χ3v) is 6.09. The SMILES string of the molecule is Cc1c(OC(=O)Nc2ccc(N3CCC(CCO)CC3)c(C#N)c2)cnn1-c1ccc(F)cc1. The van der Waals surface area contributed by atoms with Crippen molar-refractivity contribution in [2.75, 3.05) is 29.9 Å². The van der Waals surface area contributed by atoms with Crippen LogP contribution in [0.2, 0.25) is 0 Å². The number of hydrogen-bond donors (Lipinski definition) is 2. The molecule has 1 fully saturated rings. The highest BCUT2D eigenvalue weighted by Gasteiger charge is 2.21. The Morgan fingerprint density at radius 3 is 2.68 bits per heavy atom. The van der Waals surface area contributed by atoms with Gasteiger partial charge in [-0.1, -0.05) is 0 Å². The van der Waals surface area contributed by atoms with E-state index in [1.165, 1.54) is 18.3 Å². The van der Waals surface area contributed by atoms with Gasteiger partial charge in [0.1, 0.15) is 11.9 Å². The molecule has 34 heavy (non-hydrogen) atoms. The highest BCUT2D eigenvalue weighted by Crippen LogP contribution is 2.29. The molecule has 8 nitrogen and oxygen atoms in total. The minimum Gasteiger partial charge on any atom is -0.406 e. The Labute approximate surface area is 197 Å². The molecule has 1 aliphatic heterocycles. The minimum atomic E-state index is -0.705. The first-order valence-electron chi connectivity index (χ1n) is 11.2. The van der Waals surface area contributed by atoms with E-state index in [9.17, 15) is 14.4 Å². The maximum Gasteiger partial charge on any atom is 0.417 e. The van der Waals surface area contributed by atoms with Crippen molar-refractivity contribution >= 4 is 17.5 Å². The molecule has 2 heterocycles. The van der Waals surface area contributed by atoms with Gasteiger partial charge in [-0.05, 0) is 74.6 Å². The molecule has 0 aliphatic carbocycles. The van der Waals surface area contributed by atoms with Crippen molar-refractivity contribution in [2.45, 2.75) is 26.2 Å². The maximum absolute atomic E-state index is 13.2. The number of carbonyl (C=O) groups excluding carboxylic acids is 1. The average Bonchev–Trinajstić information content (AvgIpc) is 3.20. The fourth-order valence-electron chi connectivity index (χ4n) is 4.20. The summed E-state index contributed by atoms with van der Waals surface area (Å²) in [6.07, 6.45) is 3.48. The number of nitrogens with one attached hydrogen (secondary N) is 1. The molecule has 1 saturated heterocycles. The van der Waals surface area contributed by atoms with Crippen LogP contribution in [0.3, 0.4) is 0 Å². The van der Waals surface area contributed by atoms with Crippen LogP contribution < -0.4 is 15.0 Å². The molecule has 1 aliphatic rings. The number of halogens is 1. The van der Waals surface area contributed by atoms with Crippen LogP contribution in [0, 0.1) is 30.0 Å². The van der Waals surface area contributed by atoms with E-state index in [1.807, 2.05) is 6.07 Å². The summed E-state index contributed by atoms with van der Waals surface area (Å²) < 4.78 is 20.1. The predicted molar refractivity (Wildman–Crippen MR) is 126 cm³/mol. The van der Waals surface area contributed by atoms with Crippen LogP contribution >= 0.6 is 0 Å². The molecule has 0 saturated carbocycles. The molecule has 9 heteroatoms. The number of nitrogens with zero attached hydrogens (tertiary/aromatic N) is 4. The number of anilines is 2. The molecular weight excluding hydrogens is 437 g/mol. The molecule has 0 atom stereocenters. The summed E-state index contributed by atoms with van der Waals surface area (Å²) in [5, 5.41) is 25.7. The third kappa shape index (κ3) is 5.18. The Kier molecular flexibility index (Phi) is 7.09. The highest BCUT2D eigenvalue weighted by molar-refractivity contribution is 5.87. The normalized spacial score (nSPS) is 14.0. The fraction of sp³-hybridized carbons (Fsp3) is 0.320. The van der Waals surface area contributed by atoms with E-state index in [2.05, 4.69) is 21.4 Å². The lowest BCUT2D eigenvalue weighted by Gasteiger charge is -2.34. The van der Waals surface area contributed by atoms with Crippen molar-refractivity contribution in [1.29, 1.82) is 5.26 Å². The van der Waals surface area contributed by atoms with Crippen LogP contribution in [-0.2, 0) is 0 Å². The number of aliphatic hydroxyl groups is 1. The lowest BCUT2D eigenvalue weighted by molar-refractivity contribution is 0.215. The van der Waals surface area contributed by atoms with E-state index < -0.39 is 6.09 Å². The van der Waals surface area contributed by atoms with Crippen molar-refractivity contribution in [3.05, 3.63) is 65.7 Å². The molecular formula is C25H26FN5O3. The van der Waals surface area contributed by atoms with Crippen LogP contribution in [0.4, 0.5) is 20.6 Å². The summed E-state index contributed by atoms with van der Waals surface area (Å²) in [5.41, 5.74) is 2.98. The maximum atomic E-state index is 13.2. The van der Waals surface area contributed by atoms with E-state index in [0.717, 1.165) is 38.0 Å². The predicted octanol–water partition coefficient (Wildman–Crippen LogP) is 4.40. The van der Waals surface area contributed by atoms with E-state index >= 15 is 0 Å². The Morgan fingerprint density at radius 1 is 1.26 bits per heavy atom. The minimum absolute atomic E-state index is 0.205. The molecule has 0 radical (unpaired) electrons. The summed E-state index contributed by atoms with van der Waals surface area (Å²) >= 11 is 0. The number of nitriles is 1. The number of piperidine rings is 1. The van der Waals surface area contributed by atoms with Gasteiger partial charge in [0, 0.05) is 25.4 Å². The number of aliphatic hydroxyl groups excluding tert-OH is 1. The topological polar surface area (TPSA) is 103 Å². The molecule has 0 unspecified atom stereocenters. The molecule has 1 amide bonds. The second-order valence-corrected chi connectivity index (χ2v) is 8.28. The van der Waals surface area contributed by atoms with Crippen LogP contribution in [0.1, 0.15) is 30.5 Å². The summed E-state index contributed by atoms with van der Waals surface area (Å²) in [5.74, 6) is 0.432. The molecule has 1 aromatic heterocycles. The van der Waals surface area contributed by atoms with Crippen LogP contribution in [-0.4, -0.2) is 40.7 Å². The summed E-state index contributed by atoms with van der Waals surface area (Å²) in [7, 11) is 0. The zero-order valence-corrected chi connectivity index (χ0v) is 18.9. The first-order valence-corrected chi connectivity index (χ1v) is 11.2. The third-order valence-electron chi connectivity index (χ3n) is 6.09. The van der Waals surface area contributed by atoms with Gasteiger partial charge in [0.05, 0.1) is 28.8 Å². The average molecular weight is 464 g/mol. The van der Waals surface area contributed by atoms with Gasteiger partial charge < -0.3 is 14.7 Å². The Morgan fingerprint density at radius 2 is 2.00 bits per heavy atom. The lowest BCUT2D eigenvalue weighted by Crippen LogP contribution is -2.34. The van der Waals surface area contributed by atoms with Crippen molar-refractivity contribution in [3.63, 3.8) is 0 Å². The number of benzene rings is 2. The Bertz CT molecular complexity index is 1190. The second-order valence-electron chi connectivity index (χ2n) is 8.28. The summed E-state index contributed by atoms with van der Waals surface area (Å²) in [6, 6.07) is 13.2. The molecule has 2 N–H and O–H groups in total. The lowest BCUT2D eigenvalue weighted by atomic mass is 9.93. The number of hydrogen-bond acceptors (Lipinski definition) is 6. The van der Waals surface area contributed by atoms with Crippen molar-refractivity contribution in [3.8, 4) is 17.5 Å². The monoisotopic (exact) mass is 463 g/mol. The largest absolute Gasteiger partial charge is 0.417 e. The molecule has 176 valence electrons. The van der Waals surface area contributed by atoms with E-state index in [0.29, 0.717) is 28.6 Å². The second kappa shape index (κ2) is 10.4. The molecule has 0 bridgehead atoms. The van der Waals surface area contributed by atoms with Crippen molar-refractivity contribution < 1.29 is 19.0 Å². The standard InChI is InChI=1S/C25H26FN5O3/c1-17-24(16-28-31(17)22-5-2-20(26)3-6-22)34-25(33)29-21-4-7-23(19(14-21)15-27)30-11-8-18(9-12-30)10-13-32/h2-7,14,16,18,32H,8-13H2,1H3,(H,29,33). The van der Waals surface area contributed by atoms with Gasteiger partial charge in [0.15, 0.2) is 5.75 Å². The quantitative estimate of drug-likeness (QED) is 0.562. The Balaban J connectivity index is 1.41. The van der Waals surface area contributed by atoms with E-state index in [-0.39, 0.29) is 18.2 Å². The fourth-order valence-corrected chi connectivity index (χ4v) is 4.20. The summed E-state index contributed by atoms with van der Waals surface area (Å²) in [4.78, 5) is 14.6. The zero-order chi connectivity index (χ0) is 24.1. The van der Waals surface area contributed by atoms with Gasteiger partial charge in [-0.2, -0.15) is 10.4 Å². The van der Waals surface area contributed by atoms with Gasteiger partial charge in [0.2, 0.25) is 0 Å². The molecule has 3 aromatic rings. The Hall–Kier alpha value is -3.90. The zero-order valence-electron chi connectivity index (χ0n) is 18.9. The first-order chi connectivity index (χ1) is 16.5. The van der Waals surface area contributed by atoms with Gasteiger partial charge in [0.25, 0.3) is 0 Å². The molecule has 0 spiro atoms. The van der Waals surface area contributed by atoms with Crippen molar-refractivity contribution in [2.24, 2.45) is 5.92 Å².